The molecule has 8 heteroatoms. The molecule has 0 aliphatic rings. The zero-order chi connectivity index (χ0) is 18.8. The molecular formula is C19H15N3O4S. The maximum atomic E-state index is 12.0. The fourth-order valence-corrected chi connectivity index (χ4v) is 3.44. The van der Waals surface area contributed by atoms with Crippen molar-refractivity contribution in [2.45, 2.75) is 6.92 Å². The molecule has 0 bridgehead atoms. The molecule has 0 atom stereocenters. The van der Waals surface area contributed by atoms with Crippen LogP contribution in [0.5, 0.6) is 0 Å². The van der Waals surface area contributed by atoms with Gasteiger partial charge in [0, 0.05) is 22.8 Å². The summed E-state index contributed by atoms with van der Waals surface area (Å²) in [5, 5.41) is 4.50. The molecule has 27 heavy (non-hydrogen) atoms. The molecule has 3 aromatic heterocycles. The molecule has 1 N–H and O–H groups in total. The van der Waals surface area contributed by atoms with Gasteiger partial charge in [-0.2, -0.15) is 0 Å². The molecule has 0 unspecified atom stereocenters. The van der Waals surface area contributed by atoms with Crippen molar-refractivity contribution in [1.29, 1.82) is 0 Å². The van der Waals surface area contributed by atoms with E-state index in [0.29, 0.717) is 22.9 Å². The van der Waals surface area contributed by atoms with Gasteiger partial charge in [-0.25, -0.2) is 9.78 Å². The molecule has 0 saturated heterocycles. The fraction of sp³-hybridized carbons (Fsp3) is 0.105. The molecule has 0 fully saturated rings. The van der Waals surface area contributed by atoms with E-state index in [1.165, 1.54) is 17.6 Å². The predicted octanol–water partition coefficient (Wildman–Crippen LogP) is 4.08. The van der Waals surface area contributed by atoms with Crippen molar-refractivity contribution in [3.63, 3.8) is 0 Å². The Morgan fingerprint density at radius 3 is 2.78 bits per heavy atom. The number of nitrogens with one attached hydrogen (secondary N) is 1. The van der Waals surface area contributed by atoms with Gasteiger partial charge in [-0.3, -0.25) is 9.20 Å². The van der Waals surface area contributed by atoms with E-state index in [2.05, 4.69) is 10.3 Å². The Balaban J connectivity index is 1.55. The summed E-state index contributed by atoms with van der Waals surface area (Å²) in [6, 6.07) is 10.5. The van der Waals surface area contributed by atoms with Crippen LogP contribution in [0.2, 0.25) is 0 Å². The summed E-state index contributed by atoms with van der Waals surface area (Å²) in [6.07, 6.45) is 3.25. The van der Waals surface area contributed by atoms with Gasteiger partial charge in [-0.15, -0.1) is 11.3 Å². The van der Waals surface area contributed by atoms with E-state index in [-0.39, 0.29) is 17.6 Å². The zero-order valence-corrected chi connectivity index (χ0v) is 15.2. The Labute approximate surface area is 158 Å². The Kier molecular flexibility index (Phi) is 4.47. The average molecular weight is 381 g/mol. The number of hydrogen-bond acceptors (Lipinski definition) is 6. The molecule has 0 aliphatic carbocycles. The van der Waals surface area contributed by atoms with Gasteiger partial charge in [0.25, 0.3) is 5.91 Å². The van der Waals surface area contributed by atoms with E-state index in [1.54, 1.807) is 47.2 Å². The number of amides is 1. The lowest BCUT2D eigenvalue weighted by atomic mass is 10.1. The first-order chi connectivity index (χ1) is 13.2. The highest BCUT2D eigenvalue weighted by Gasteiger charge is 2.16. The lowest BCUT2D eigenvalue weighted by Gasteiger charge is -2.04. The van der Waals surface area contributed by atoms with Crippen LogP contribution in [0.25, 0.3) is 16.2 Å². The van der Waals surface area contributed by atoms with Crippen LogP contribution in [0.1, 0.15) is 28.0 Å². The molecule has 1 amide bonds. The standard InChI is InChI=1S/C19H15N3O4S/c1-2-25-18(24)15-11-27-19-21-14(10-22(15)19)12-5-7-13(8-6-12)20-17(23)16-4-3-9-26-16/h3-11H,2H2,1H3,(H,20,23). The number of ether oxygens (including phenoxy) is 1. The Hall–Kier alpha value is -3.39. The maximum Gasteiger partial charge on any atom is 0.356 e. The van der Waals surface area contributed by atoms with E-state index in [1.807, 2.05) is 12.1 Å². The van der Waals surface area contributed by atoms with E-state index in [9.17, 15) is 9.59 Å². The van der Waals surface area contributed by atoms with E-state index in [4.69, 9.17) is 9.15 Å². The zero-order valence-electron chi connectivity index (χ0n) is 14.3. The number of aromatic nitrogens is 2. The van der Waals surface area contributed by atoms with Gasteiger partial charge in [0.15, 0.2) is 10.7 Å². The van der Waals surface area contributed by atoms with Crippen LogP contribution < -0.4 is 5.32 Å². The predicted molar refractivity (Wildman–Crippen MR) is 101 cm³/mol. The quantitative estimate of drug-likeness (QED) is 0.526. The molecule has 4 rings (SSSR count). The van der Waals surface area contributed by atoms with Crippen LogP contribution >= 0.6 is 11.3 Å². The SMILES string of the molecule is CCOC(=O)c1csc2nc(-c3ccc(NC(=O)c4ccco4)cc3)cn12. The number of hydrogen-bond donors (Lipinski definition) is 1. The van der Waals surface area contributed by atoms with Gasteiger partial charge in [0.2, 0.25) is 0 Å². The number of thiazole rings is 1. The van der Waals surface area contributed by atoms with Crippen molar-refractivity contribution < 1.29 is 18.7 Å². The van der Waals surface area contributed by atoms with E-state index < -0.39 is 0 Å². The van der Waals surface area contributed by atoms with E-state index >= 15 is 0 Å². The highest BCUT2D eigenvalue weighted by Crippen LogP contribution is 2.25. The van der Waals surface area contributed by atoms with Crippen LogP contribution in [0.15, 0.2) is 58.7 Å². The van der Waals surface area contributed by atoms with Gasteiger partial charge in [0.05, 0.1) is 18.6 Å². The van der Waals surface area contributed by atoms with Crippen molar-refractivity contribution >= 4 is 33.9 Å². The van der Waals surface area contributed by atoms with Gasteiger partial charge in [0.1, 0.15) is 5.69 Å². The van der Waals surface area contributed by atoms with Gasteiger partial charge in [-0.05, 0) is 31.2 Å². The third-order valence-corrected chi connectivity index (χ3v) is 4.72. The van der Waals surface area contributed by atoms with Crippen molar-refractivity contribution in [2.24, 2.45) is 0 Å². The lowest BCUT2D eigenvalue weighted by Crippen LogP contribution is -2.10. The third-order valence-electron chi connectivity index (χ3n) is 3.88. The lowest BCUT2D eigenvalue weighted by molar-refractivity contribution is 0.0518. The maximum absolute atomic E-state index is 12.0. The number of carbonyl (C=O) groups is 2. The smallest absolute Gasteiger partial charge is 0.356 e. The van der Waals surface area contributed by atoms with Crippen LogP contribution in [0, 0.1) is 0 Å². The van der Waals surface area contributed by atoms with Crippen molar-refractivity contribution in [1.82, 2.24) is 9.38 Å². The number of imidazole rings is 1. The molecule has 4 aromatic rings. The number of benzene rings is 1. The number of anilines is 1. The van der Waals surface area contributed by atoms with Crippen molar-refractivity contribution in [3.8, 4) is 11.3 Å². The molecular weight excluding hydrogens is 366 g/mol. The summed E-state index contributed by atoms with van der Waals surface area (Å²) in [5.74, 6) is -0.432. The number of furan rings is 1. The largest absolute Gasteiger partial charge is 0.461 e. The molecule has 0 radical (unpaired) electrons. The first-order valence-electron chi connectivity index (χ1n) is 8.24. The molecule has 7 nitrogen and oxygen atoms in total. The number of nitrogens with zero attached hydrogens (tertiary/aromatic N) is 2. The summed E-state index contributed by atoms with van der Waals surface area (Å²) >= 11 is 1.38. The minimum Gasteiger partial charge on any atom is -0.461 e. The monoisotopic (exact) mass is 381 g/mol. The molecule has 0 spiro atoms. The van der Waals surface area contributed by atoms with Gasteiger partial charge >= 0.3 is 5.97 Å². The average Bonchev–Trinajstić information content (AvgIpc) is 3.39. The molecule has 0 saturated carbocycles. The van der Waals surface area contributed by atoms with Crippen LogP contribution in [-0.2, 0) is 4.74 Å². The normalized spacial score (nSPS) is 10.9. The summed E-state index contributed by atoms with van der Waals surface area (Å²) in [4.78, 5) is 29.3. The van der Waals surface area contributed by atoms with Crippen molar-refractivity contribution in [2.75, 3.05) is 11.9 Å². The summed E-state index contributed by atoms with van der Waals surface area (Å²) in [6.45, 7) is 2.09. The highest BCUT2D eigenvalue weighted by molar-refractivity contribution is 7.15. The Morgan fingerprint density at radius 2 is 2.07 bits per heavy atom. The minimum atomic E-state index is -0.372. The number of fused-ring (bicyclic) bond motifs is 1. The third kappa shape index (κ3) is 3.34. The van der Waals surface area contributed by atoms with Crippen LogP contribution in [0.4, 0.5) is 5.69 Å². The Bertz CT molecular complexity index is 1090. The summed E-state index contributed by atoms with van der Waals surface area (Å²) in [7, 11) is 0. The number of carbonyl (C=O) groups excluding carboxylic acids is 2. The van der Waals surface area contributed by atoms with E-state index in [0.717, 1.165) is 11.3 Å². The highest BCUT2D eigenvalue weighted by atomic mass is 32.1. The second kappa shape index (κ2) is 7.08. The van der Waals surface area contributed by atoms with Crippen molar-refractivity contribution in [3.05, 3.63) is 65.7 Å². The minimum absolute atomic E-state index is 0.250. The second-order valence-electron chi connectivity index (χ2n) is 5.63. The molecule has 1 aromatic carbocycles. The molecule has 0 aliphatic heterocycles. The van der Waals surface area contributed by atoms with Crippen LogP contribution in [0.3, 0.4) is 0 Å². The van der Waals surface area contributed by atoms with Crippen LogP contribution in [-0.4, -0.2) is 27.9 Å². The summed E-state index contributed by atoms with van der Waals surface area (Å²) in [5.41, 5.74) is 2.71. The second-order valence-corrected chi connectivity index (χ2v) is 6.47. The number of esters is 1. The van der Waals surface area contributed by atoms with Gasteiger partial charge in [-0.1, -0.05) is 12.1 Å². The molecule has 3 heterocycles. The first kappa shape index (κ1) is 17.0. The first-order valence-corrected chi connectivity index (χ1v) is 9.12. The summed E-state index contributed by atoms with van der Waals surface area (Å²) < 4.78 is 11.9. The number of rotatable bonds is 5. The Morgan fingerprint density at radius 1 is 1.26 bits per heavy atom. The molecule has 136 valence electrons. The van der Waals surface area contributed by atoms with Gasteiger partial charge < -0.3 is 14.5 Å². The fourth-order valence-electron chi connectivity index (χ4n) is 2.60. The topological polar surface area (TPSA) is 85.8 Å².